The summed E-state index contributed by atoms with van der Waals surface area (Å²) in [6, 6.07) is 0.268. The van der Waals surface area contributed by atoms with Crippen LogP contribution in [0.3, 0.4) is 0 Å². The molecule has 1 aromatic heterocycles. The van der Waals surface area contributed by atoms with Crippen LogP contribution in [-0.4, -0.2) is 26.5 Å². The van der Waals surface area contributed by atoms with Crippen molar-refractivity contribution in [1.82, 2.24) is 14.8 Å². The van der Waals surface area contributed by atoms with Crippen LogP contribution in [0.1, 0.15) is 56.8 Å². The number of hydrogen-bond acceptors (Lipinski definition) is 3. The van der Waals surface area contributed by atoms with Gasteiger partial charge in [-0.25, -0.2) is 9.48 Å². The summed E-state index contributed by atoms with van der Waals surface area (Å²) < 4.78 is 1.62. The lowest BCUT2D eigenvalue weighted by Crippen LogP contribution is -2.23. The zero-order chi connectivity index (χ0) is 12.1. The zero-order valence-electron chi connectivity index (χ0n) is 10.2. The van der Waals surface area contributed by atoms with Gasteiger partial charge in [0.05, 0.1) is 6.04 Å². The molecule has 1 aromatic rings. The molecule has 2 rings (SSSR count). The largest absolute Gasteiger partial charge is 0.396 e. The van der Waals surface area contributed by atoms with Gasteiger partial charge in [-0.3, -0.25) is 4.98 Å². The first-order chi connectivity index (χ1) is 8.31. The van der Waals surface area contributed by atoms with Crippen molar-refractivity contribution in [3.63, 3.8) is 0 Å². The fourth-order valence-electron chi connectivity index (χ4n) is 2.49. The maximum atomic E-state index is 11.8. The summed E-state index contributed by atoms with van der Waals surface area (Å²) in [5.41, 5.74) is -0.0927. The van der Waals surface area contributed by atoms with E-state index in [2.05, 4.69) is 10.1 Å². The smallest absolute Gasteiger partial charge is 0.343 e. The lowest BCUT2D eigenvalue weighted by atomic mass is 10.1. The molecule has 0 atom stereocenters. The Labute approximate surface area is 101 Å². The van der Waals surface area contributed by atoms with Crippen molar-refractivity contribution >= 4 is 0 Å². The molecule has 96 valence electrons. The van der Waals surface area contributed by atoms with Crippen LogP contribution in [0.25, 0.3) is 0 Å². The Kier molecular flexibility index (Phi) is 4.36. The van der Waals surface area contributed by atoms with E-state index in [0.29, 0.717) is 18.7 Å². The second kappa shape index (κ2) is 6.00. The summed E-state index contributed by atoms with van der Waals surface area (Å²) in [4.78, 5) is 14.6. The molecule has 17 heavy (non-hydrogen) atoms. The van der Waals surface area contributed by atoms with Gasteiger partial charge in [-0.15, -0.1) is 0 Å². The van der Waals surface area contributed by atoms with Gasteiger partial charge in [-0.2, -0.15) is 5.10 Å². The van der Waals surface area contributed by atoms with Gasteiger partial charge in [-0.05, 0) is 19.3 Å². The first kappa shape index (κ1) is 12.4. The number of rotatable bonds is 4. The fraction of sp³-hybridized carbons (Fsp3) is 0.833. The maximum absolute atomic E-state index is 11.8. The van der Waals surface area contributed by atoms with E-state index < -0.39 is 0 Å². The second-order valence-corrected chi connectivity index (χ2v) is 4.79. The van der Waals surface area contributed by atoms with E-state index in [4.69, 9.17) is 5.11 Å². The van der Waals surface area contributed by atoms with Gasteiger partial charge in [0.25, 0.3) is 0 Å². The molecular formula is C12H21N3O2. The third-order valence-corrected chi connectivity index (χ3v) is 3.43. The second-order valence-electron chi connectivity index (χ2n) is 4.79. The molecule has 1 aliphatic carbocycles. The predicted octanol–water partition coefficient (Wildman–Crippen LogP) is 1.39. The number of aliphatic hydroxyl groups is 1. The maximum Gasteiger partial charge on any atom is 0.343 e. The Morgan fingerprint density at radius 1 is 1.29 bits per heavy atom. The zero-order valence-corrected chi connectivity index (χ0v) is 10.2. The summed E-state index contributed by atoms with van der Waals surface area (Å²) in [5, 5.41) is 13.1. The third-order valence-electron chi connectivity index (χ3n) is 3.43. The van der Waals surface area contributed by atoms with Crippen LogP contribution in [0.4, 0.5) is 0 Å². The van der Waals surface area contributed by atoms with E-state index >= 15 is 0 Å². The van der Waals surface area contributed by atoms with E-state index in [1.54, 1.807) is 4.68 Å². The van der Waals surface area contributed by atoms with Crippen LogP contribution >= 0.6 is 0 Å². The monoisotopic (exact) mass is 239 g/mol. The Morgan fingerprint density at radius 3 is 2.65 bits per heavy atom. The number of aryl methyl sites for hydroxylation is 1. The highest BCUT2D eigenvalue weighted by Gasteiger charge is 2.17. The van der Waals surface area contributed by atoms with Crippen LogP contribution in [0.15, 0.2) is 4.79 Å². The molecule has 5 nitrogen and oxygen atoms in total. The molecule has 1 fully saturated rings. The Bertz CT molecular complexity index is 389. The van der Waals surface area contributed by atoms with Gasteiger partial charge >= 0.3 is 5.69 Å². The van der Waals surface area contributed by atoms with E-state index in [1.807, 2.05) is 0 Å². The van der Waals surface area contributed by atoms with Gasteiger partial charge in [0.15, 0.2) is 0 Å². The van der Waals surface area contributed by atoms with Crippen LogP contribution in [0.5, 0.6) is 0 Å². The average molecular weight is 239 g/mol. The van der Waals surface area contributed by atoms with Crippen molar-refractivity contribution in [3.8, 4) is 0 Å². The highest BCUT2D eigenvalue weighted by atomic mass is 16.3. The minimum atomic E-state index is -0.0927. The first-order valence-corrected chi connectivity index (χ1v) is 6.60. The van der Waals surface area contributed by atoms with Crippen molar-refractivity contribution < 1.29 is 5.11 Å². The quantitative estimate of drug-likeness (QED) is 0.780. The Hall–Kier alpha value is -1.10. The molecule has 0 aliphatic heterocycles. The van der Waals surface area contributed by atoms with Crippen LogP contribution in [-0.2, 0) is 6.42 Å². The number of nitrogens with zero attached hydrogens (tertiary/aromatic N) is 2. The molecule has 1 aliphatic rings. The van der Waals surface area contributed by atoms with Gasteiger partial charge < -0.3 is 5.11 Å². The molecule has 0 bridgehead atoms. The molecule has 0 unspecified atom stereocenters. The first-order valence-electron chi connectivity index (χ1n) is 6.60. The van der Waals surface area contributed by atoms with Crippen molar-refractivity contribution in [3.05, 3.63) is 16.3 Å². The molecule has 0 radical (unpaired) electrons. The average Bonchev–Trinajstić information content (AvgIpc) is 2.56. The highest BCUT2D eigenvalue weighted by Crippen LogP contribution is 2.25. The minimum absolute atomic E-state index is 0.0927. The SMILES string of the molecule is O=c1[nH]c(CCCO)nn1C1CCCCCC1. The van der Waals surface area contributed by atoms with Crippen molar-refractivity contribution in [2.24, 2.45) is 0 Å². The van der Waals surface area contributed by atoms with E-state index in [0.717, 1.165) is 12.8 Å². The summed E-state index contributed by atoms with van der Waals surface area (Å²) >= 11 is 0. The minimum Gasteiger partial charge on any atom is -0.396 e. The molecule has 1 heterocycles. The molecule has 2 N–H and O–H groups in total. The number of H-pyrrole nitrogens is 1. The van der Waals surface area contributed by atoms with Crippen molar-refractivity contribution in [1.29, 1.82) is 0 Å². The van der Waals surface area contributed by atoms with Crippen LogP contribution < -0.4 is 5.69 Å². The summed E-state index contributed by atoms with van der Waals surface area (Å²) in [6.45, 7) is 0.137. The van der Waals surface area contributed by atoms with Gasteiger partial charge in [0, 0.05) is 13.0 Å². The molecule has 1 saturated carbocycles. The van der Waals surface area contributed by atoms with Gasteiger partial charge in [0.2, 0.25) is 0 Å². The Morgan fingerprint density at radius 2 is 2.00 bits per heavy atom. The lowest BCUT2D eigenvalue weighted by molar-refractivity contribution is 0.287. The summed E-state index contributed by atoms with van der Waals surface area (Å²) in [5.74, 6) is 0.702. The number of aromatic amines is 1. The van der Waals surface area contributed by atoms with E-state index in [9.17, 15) is 4.79 Å². The molecule has 0 aromatic carbocycles. The van der Waals surface area contributed by atoms with E-state index in [1.165, 1.54) is 25.7 Å². The topological polar surface area (TPSA) is 70.9 Å². The van der Waals surface area contributed by atoms with Crippen molar-refractivity contribution in [2.75, 3.05) is 6.61 Å². The number of aliphatic hydroxyl groups excluding tert-OH is 1. The fourth-order valence-corrected chi connectivity index (χ4v) is 2.49. The lowest BCUT2D eigenvalue weighted by Gasteiger charge is -2.12. The molecule has 0 saturated heterocycles. The van der Waals surface area contributed by atoms with Crippen LogP contribution in [0, 0.1) is 0 Å². The standard InChI is InChI=1S/C12H21N3O2/c16-9-5-8-11-13-12(17)15(14-11)10-6-3-1-2-4-7-10/h10,16H,1-9H2,(H,13,14,17). The van der Waals surface area contributed by atoms with E-state index in [-0.39, 0.29) is 18.3 Å². The number of hydrogen-bond donors (Lipinski definition) is 2. The van der Waals surface area contributed by atoms with Crippen LogP contribution in [0.2, 0.25) is 0 Å². The summed E-state index contributed by atoms with van der Waals surface area (Å²) in [7, 11) is 0. The molecule has 0 spiro atoms. The third kappa shape index (κ3) is 3.19. The number of aromatic nitrogens is 3. The Balaban J connectivity index is 2.08. The molecule has 0 amide bonds. The summed E-state index contributed by atoms with van der Waals surface area (Å²) in [6.07, 6.45) is 8.34. The van der Waals surface area contributed by atoms with Crippen molar-refractivity contribution in [2.45, 2.75) is 57.4 Å². The molecule has 5 heteroatoms. The van der Waals surface area contributed by atoms with Gasteiger partial charge in [-0.1, -0.05) is 25.7 Å². The normalized spacial score (nSPS) is 18.2. The number of nitrogens with one attached hydrogen (secondary N) is 1. The predicted molar refractivity (Wildman–Crippen MR) is 65.0 cm³/mol. The highest BCUT2D eigenvalue weighted by molar-refractivity contribution is 4.85. The molecular weight excluding hydrogens is 218 g/mol. The van der Waals surface area contributed by atoms with Gasteiger partial charge in [0.1, 0.15) is 5.82 Å².